The minimum absolute atomic E-state index is 0.0106. The number of hydrogen-bond donors (Lipinski definition) is 1. The van der Waals surface area contributed by atoms with Gasteiger partial charge in [-0.15, -0.1) is 11.6 Å². The molecular formula is C23H34ClN3O3. The zero-order valence-electron chi connectivity index (χ0n) is 18.5. The molecule has 1 unspecified atom stereocenters. The van der Waals surface area contributed by atoms with Crippen molar-refractivity contribution >= 4 is 29.1 Å². The van der Waals surface area contributed by atoms with Gasteiger partial charge in [0.1, 0.15) is 4.87 Å². The van der Waals surface area contributed by atoms with Gasteiger partial charge < -0.3 is 19.9 Å². The van der Waals surface area contributed by atoms with Crippen LogP contribution in [0.25, 0.3) is 0 Å². The first-order valence-corrected chi connectivity index (χ1v) is 11.3. The third-order valence-corrected chi connectivity index (χ3v) is 6.49. The maximum Gasteiger partial charge on any atom is 0.254 e. The summed E-state index contributed by atoms with van der Waals surface area (Å²) in [7, 11) is 1.67. The first kappa shape index (κ1) is 23.0. The molecule has 1 saturated heterocycles. The highest BCUT2D eigenvalue weighted by Crippen LogP contribution is 2.45. The Bertz CT molecular complexity index is 775. The Labute approximate surface area is 184 Å². The number of carbonyl (C=O) groups excluding carboxylic acids is 2. The van der Waals surface area contributed by atoms with E-state index in [9.17, 15) is 9.59 Å². The van der Waals surface area contributed by atoms with Crippen molar-refractivity contribution in [2.75, 3.05) is 38.3 Å². The Morgan fingerprint density at radius 1 is 1.40 bits per heavy atom. The molecule has 1 aromatic carbocycles. The standard InChI is InChI=1S/C23H34ClN3O3/c1-16(2)27(18-8-7-11-25-15-18)21(28)17-9-10-19-20(14-17)26(12-5-6-13-30-4)22(29)23(19,3)24/h9-10,14,16,18,25H,5-8,11-13,15H2,1-4H3/t18-,23?/m1/s1. The second-order valence-electron chi connectivity index (χ2n) is 8.70. The number of benzene rings is 1. The van der Waals surface area contributed by atoms with Crippen molar-refractivity contribution in [3.05, 3.63) is 29.3 Å². The number of anilines is 1. The van der Waals surface area contributed by atoms with Gasteiger partial charge in [-0.05, 0) is 65.1 Å². The SMILES string of the molecule is COCCCCN1C(=O)C(C)(Cl)c2ccc(C(=O)N(C(C)C)[C@@H]3CCCNC3)cc21. The molecule has 2 heterocycles. The topological polar surface area (TPSA) is 61.9 Å². The number of unbranched alkanes of at least 4 members (excludes halogenated alkanes) is 1. The van der Waals surface area contributed by atoms with E-state index in [0.717, 1.165) is 50.0 Å². The van der Waals surface area contributed by atoms with Gasteiger partial charge in [0.2, 0.25) is 0 Å². The third kappa shape index (κ3) is 4.51. The van der Waals surface area contributed by atoms with Gasteiger partial charge in [-0.3, -0.25) is 9.59 Å². The fourth-order valence-electron chi connectivity index (χ4n) is 4.54. The zero-order valence-corrected chi connectivity index (χ0v) is 19.3. The van der Waals surface area contributed by atoms with Crippen LogP contribution in [0.1, 0.15) is 62.4 Å². The molecule has 0 aliphatic carbocycles. The normalized spacial score (nSPS) is 23.7. The lowest BCUT2D eigenvalue weighted by molar-refractivity contribution is -0.120. The van der Waals surface area contributed by atoms with E-state index in [4.69, 9.17) is 16.3 Å². The van der Waals surface area contributed by atoms with E-state index in [1.807, 2.05) is 23.1 Å². The summed E-state index contributed by atoms with van der Waals surface area (Å²) in [5.41, 5.74) is 2.14. The molecule has 1 aromatic rings. The molecule has 2 atom stereocenters. The number of piperidine rings is 1. The summed E-state index contributed by atoms with van der Waals surface area (Å²) in [5, 5.41) is 3.40. The van der Waals surface area contributed by atoms with Gasteiger partial charge in [0, 0.05) is 55.7 Å². The van der Waals surface area contributed by atoms with Crippen molar-refractivity contribution in [2.45, 2.75) is 63.4 Å². The van der Waals surface area contributed by atoms with Crippen molar-refractivity contribution in [3.8, 4) is 0 Å². The second-order valence-corrected chi connectivity index (χ2v) is 9.45. The molecule has 166 valence electrons. The van der Waals surface area contributed by atoms with E-state index in [2.05, 4.69) is 19.2 Å². The molecule has 1 N–H and O–H groups in total. The van der Waals surface area contributed by atoms with Gasteiger partial charge in [-0.25, -0.2) is 0 Å². The molecule has 2 aliphatic rings. The van der Waals surface area contributed by atoms with Crippen molar-refractivity contribution in [2.24, 2.45) is 0 Å². The van der Waals surface area contributed by atoms with E-state index in [1.165, 1.54) is 0 Å². The molecule has 3 rings (SSSR count). The van der Waals surface area contributed by atoms with E-state index < -0.39 is 4.87 Å². The number of fused-ring (bicyclic) bond motifs is 1. The predicted octanol–water partition coefficient (Wildman–Crippen LogP) is 3.52. The number of rotatable bonds is 8. The summed E-state index contributed by atoms with van der Waals surface area (Å²) in [4.78, 5) is 29.1. The van der Waals surface area contributed by atoms with Crippen LogP contribution in [0.2, 0.25) is 0 Å². The van der Waals surface area contributed by atoms with Gasteiger partial charge in [0.05, 0.1) is 0 Å². The number of amides is 2. The molecule has 0 spiro atoms. The van der Waals surface area contributed by atoms with Gasteiger partial charge in [-0.1, -0.05) is 6.07 Å². The van der Waals surface area contributed by atoms with Crippen molar-refractivity contribution in [3.63, 3.8) is 0 Å². The van der Waals surface area contributed by atoms with Crippen LogP contribution in [0.5, 0.6) is 0 Å². The smallest absolute Gasteiger partial charge is 0.254 e. The zero-order chi connectivity index (χ0) is 21.9. The minimum Gasteiger partial charge on any atom is -0.385 e. The summed E-state index contributed by atoms with van der Waals surface area (Å²) in [6, 6.07) is 5.80. The fraction of sp³-hybridized carbons (Fsp3) is 0.652. The van der Waals surface area contributed by atoms with E-state index in [1.54, 1.807) is 18.9 Å². The summed E-state index contributed by atoms with van der Waals surface area (Å²) < 4.78 is 5.12. The molecule has 2 aliphatic heterocycles. The maximum absolute atomic E-state index is 13.5. The highest BCUT2D eigenvalue weighted by atomic mass is 35.5. The Hall–Kier alpha value is -1.63. The predicted molar refractivity (Wildman–Crippen MR) is 120 cm³/mol. The Balaban J connectivity index is 1.88. The summed E-state index contributed by atoms with van der Waals surface area (Å²) in [6.45, 7) is 8.89. The molecule has 0 bridgehead atoms. The number of halogens is 1. The first-order chi connectivity index (χ1) is 14.3. The average Bonchev–Trinajstić information content (AvgIpc) is 2.91. The van der Waals surface area contributed by atoms with Crippen molar-refractivity contribution < 1.29 is 14.3 Å². The van der Waals surface area contributed by atoms with E-state index in [0.29, 0.717) is 18.7 Å². The lowest BCUT2D eigenvalue weighted by atomic mass is 9.98. The minimum atomic E-state index is -1.09. The largest absolute Gasteiger partial charge is 0.385 e. The van der Waals surface area contributed by atoms with Crippen LogP contribution >= 0.6 is 11.6 Å². The Morgan fingerprint density at radius 3 is 2.80 bits per heavy atom. The van der Waals surface area contributed by atoms with Gasteiger partial charge in [-0.2, -0.15) is 0 Å². The molecule has 0 aromatic heterocycles. The second kappa shape index (κ2) is 9.67. The Morgan fingerprint density at radius 2 is 2.17 bits per heavy atom. The lowest BCUT2D eigenvalue weighted by Crippen LogP contribution is -2.51. The molecule has 7 heteroatoms. The third-order valence-electron chi connectivity index (χ3n) is 6.12. The maximum atomic E-state index is 13.5. The quantitative estimate of drug-likeness (QED) is 0.501. The highest BCUT2D eigenvalue weighted by molar-refractivity contribution is 6.39. The van der Waals surface area contributed by atoms with Gasteiger partial charge >= 0.3 is 0 Å². The number of nitrogens with one attached hydrogen (secondary N) is 1. The molecule has 6 nitrogen and oxygen atoms in total. The molecule has 30 heavy (non-hydrogen) atoms. The lowest BCUT2D eigenvalue weighted by Gasteiger charge is -2.37. The summed E-state index contributed by atoms with van der Waals surface area (Å²) in [6.07, 6.45) is 3.75. The molecule has 0 radical (unpaired) electrons. The van der Waals surface area contributed by atoms with Gasteiger partial charge in [0.15, 0.2) is 0 Å². The number of hydrogen-bond acceptors (Lipinski definition) is 4. The van der Waals surface area contributed by atoms with E-state index >= 15 is 0 Å². The number of ether oxygens (including phenoxy) is 1. The van der Waals surface area contributed by atoms with Crippen LogP contribution in [-0.2, 0) is 14.4 Å². The average molecular weight is 436 g/mol. The van der Waals surface area contributed by atoms with Crippen LogP contribution in [0, 0.1) is 0 Å². The molecule has 2 amide bonds. The van der Waals surface area contributed by atoms with Crippen LogP contribution in [0.4, 0.5) is 5.69 Å². The highest BCUT2D eigenvalue weighted by Gasteiger charge is 2.46. The van der Waals surface area contributed by atoms with Crippen LogP contribution in [0.15, 0.2) is 18.2 Å². The number of nitrogens with zero attached hydrogens (tertiary/aromatic N) is 2. The monoisotopic (exact) mass is 435 g/mol. The van der Waals surface area contributed by atoms with Gasteiger partial charge in [0.25, 0.3) is 11.8 Å². The van der Waals surface area contributed by atoms with Crippen LogP contribution < -0.4 is 10.2 Å². The number of alkyl halides is 1. The number of methoxy groups -OCH3 is 1. The number of carbonyl (C=O) groups is 2. The van der Waals surface area contributed by atoms with Crippen molar-refractivity contribution in [1.29, 1.82) is 0 Å². The molecule has 1 fully saturated rings. The van der Waals surface area contributed by atoms with Crippen LogP contribution in [0.3, 0.4) is 0 Å². The van der Waals surface area contributed by atoms with E-state index in [-0.39, 0.29) is 23.9 Å². The summed E-state index contributed by atoms with van der Waals surface area (Å²) >= 11 is 6.63. The summed E-state index contributed by atoms with van der Waals surface area (Å²) in [5.74, 6) is -0.116. The molecule has 0 saturated carbocycles. The first-order valence-electron chi connectivity index (χ1n) is 11.0. The Kier molecular flexibility index (Phi) is 7.43. The van der Waals surface area contributed by atoms with Crippen LogP contribution in [-0.4, -0.2) is 62.1 Å². The van der Waals surface area contributed by atoms with Crippen molar-refractivity contribution in [1.82, 2.24) is 10.2 Å². The fourth-order valence-corrected chi connectivity index (χ4v) is 4.81. The molecular weight excluding hydrogens is 402 g/mol.